The molecule has 0 aliphatic heterocycles. The lowest BCUT2D eigenvalue weighted by Gasteiger charge is -2.00. The molecule has 0 aliphatic rings. The second-order valence-electron chi connectivity index (χ2n) is 3.51. The smallest absolute Gasteiger partial charge is 0.251 e. The van der Waals surface area contributed by atoms with Gasteiger partial charge in [0.25, 0.3) is 5.56 Å². The Hall–Kier alpha value is -1.91. The first kappa shape index (κ1) is 9.64. The van der Waals surface area contributed by atoms with E-state index < -0.39 is 0 Å². The molecular weight excluding hydrogens is 192 g/mol. The summed E-state index contributed by atoms with van der Waals surface area (Å²) in [5.41, 5.74) is 2.27. The number of hydrogen-bond acceptors (Lipinski definition) is 3. The summed E-state index contributed by atoms with van der Waals surface area (Å²) in [7, 11) is 1.83. The lowest BCUT2D eigenvalue weighted by Crippen LogP contribution is -2.09. The molecule has 0 saturated carbocycles. The minimum atomic E-state index is -0.142. The van der Waals surface area contributed by atoms with Gasteiger partial charge in [0.15, 0.2) is 0 Å². The Kier molecular flexibility index (Phi) is 2.15. The molecule has 0 radical (unpaired) electrons. The number of hydrogen-bond donors (Lipinski definition) is 1. The molecule has 2 aromatic heterocycles. The van der Waals surface area contributed by atoms with E-state index in [1.54, 1.807) is 11.6 Å². The van der Waals surface area contributed by atoms with E-state index >= 15 is 0 Å². The van der Waals surface area contributed by atoms with E-state index in [1.165, 1.54) is 6.07 Å². The van der Waals surface area contributed by atoms with Crippen molar-refractivity contribution in [1.82, 2.24) is 19.7 Å². The molecule has 0 aliphatic carbocycles. The van der Waals surface area contributed by atoms with E-state index in [1.807, 2.05) is 20.0 Å². The first-order valence-electron chi connectivity index (χ1n) is 4.65. The predicted octanol–water partition coefficient (Wildman–Crippen LogP) is 0.787. The van der Waals surface area contributed by atoms with Crippen molar-refractivity contribution in [2.45, 2.75) is 13.8 Å². The van der Waals surface area contributed by atoms with Crippen LogP contribution in [0.15, 0.2) is 16.9 Å². The molecule has 2 heterocycles. The van der Waals surface area contributed by atoms with Crippen LogP contribution in [0, 0.1) is 13.8 Å². The SMILES string of the molecule is Cc1cc(-c2cc(=O)[nH]c(C)n2)n(C)n1. The van der Waals surface area contributed by atoms with Gasteiger partial charge in [-0.25, -0.2) is 4.98 Å². The molecule has 0 spiro atoms. The van der Waals surface area contributed by atoms with Crippen LogP contribution in [0.2, 0.25) is 0 Å². The van der Waals surface area contributed by atoms with E-state index in [-0.39, 0.29) is 5.56 Å². The Bertz CT molecular complexity index is 553. The largest absolute Gasteiger partial charge is 0.311 e. The summed E-state index contributed by atoms with van der Waals surface area (Å²) in [6.45, 7) is 3.66. The molecule has 0 aromatic carbocycles. The molecule has 5 heteroatoms. The van der Waals surface area contributed by atoms with Crippen molar-refractivity contribution in [3.63, 3.8) is 0 Å². The van der Waals surface area contributed by atoms with Crippen molar-refractivity contribution in [1.29, 1.82) is 0 Å². The van der Waals surface area contributed by atoms with Crippen LogP contribution in [0.25, 0.3) is 11.4 Å². The predicted molar refractivity (Wildman–Crippen MR) is 56.5 cm³/mol. The minimum Gasteiger partial charge on any atom is -0.311 e. The van der Waals surface area contributed by atoms with Crippen LogP contribution < -0.4 is 5.56 Å². The molecule has 0 amide bonds. The molecule has 0 saturated heterocycles. The molecule has 0 fully saturated rings. The Balaban J connectivity index is 2.63. The van der Waals surface area contributed by atoms with Gasteiger partial charge in [-0.2, -0.15) is 5.10 Å². The van der Waals surface area contributed by atoms with Gasteiger partial charge in [-0.15, -0.1) is 0 Å². The Morgan fingerprint density at radius 1 is 1.33 bits per heavy atom. The fourth-order valence-corrected chi connectivity index (χ4v) is 1.56. The third-order valence-electron chi connectivity index (χ3n) is 2.12. The van der Waals surface area contributed by atoms with Gasteiger partial charge in [-0.1, -0.05) is 0 Å². The van der Waals surface area contributed by atoms with Gasteiger partial charge in [0.05, 0.1) is 17.1 Å². The summed E-state index contributed by atoms with van der Waals surface area (Å²) in [5, 5.41) is 4.21. The summed E-state index contributed by atoms with van der Waals surface area (Å²) in [6, 6.07) is 3.38. The number of nitrogens with zero attached hydrogens (tertiary/aromatic N) is 3. The van der Waals surface area contributed by atoms with Crippen LogP contribution in [0.3, 0.4) is 0 Å². The Labute approximate surface area is 86.8 Å². The van der Waals surface area contributed by atoms with Gasteiger partial charge in [0.1, 0.15) is 5.82 Å². The molecule has 15 heavy (non-hydrogen) atoms. The van der Waals surface area contributed by atoms with Crippen molar-refractivity contribution in [3.05, 3.63) is 34.0 Å². The second kappa shape index (κ2) is 3.34. The standard InChI is InChI=1S/C10H12N4O/c1-6-4-9(14(3)13-6)8-5-10(15)12-7(2)11-8/h4-5H,1-3H3,(H,11,12,15). The molecule has 1 N–H and O–H groups in total. The monoisotopic (exact) mass is 204 g/mol. The Morgan fingerprint density at radius 2 is 2.07 bits per heavy atom. The minimum absolute atomic E-state index is 0.142. The van der Waals surface area contributed by atoms with Gasteiger partial charge in [-0.05, 0) is 19.9 Å². The molecule has 0 atom stereocenters. The summed E-state index contributed by atoms with van der Waals surface area (Å²) in [4.78, 5) is 18.1. The zero-order valence-corrected chi connectivity index (χ0v) is 8.90. The van der Waals surface area contributed by atoms with Crippen LogP contribution in [0.5, 0.6) is 0 Å². The number of H-pyrrole nitrogens is 1. The van der Waals surface area contributed by atoms with E-state index in [0.29, 0.717) is 11.5 Å². The fraction of sp³-hybridized carbons (Fsp3) is 0.300. The highest BCUT2D eigenvalue weighted by Gasteiger charge is 2.07. The maximum absolute atomic E-state index is 11.3. The fourth-order valence-electron chi connectivity index (χ4n) is 1.56. The summed E-state index contributed by atoms with van der Waals surface area (Å²) < 4.78 is 1.72. The average Bonchev–Trinajstić information content (AvgIpc) is 2.43. The molecule has 2 rings (SSSR count). The van der Waals surface area contributed by atoms with Crippen molar-refractivity contribution in [2.75, 3.05) is 0 Å². The number of nitrogens with one attached hydrogen (secondary N) is 1. The topological polar surface area (TPSA) is 63.6 Å². The van der Waals surface area contributed by atoms with Gasteiger partial charge < -0.3 is 4.98 Å². The average molecular weight is 204 g/mol. The highest BCUT2D eigenvalue weighted by molar-refractivity contribution is 5.54. The normalized spacial score (nSPS) is 10.6. The maximum Gasteiger partial charge on any atom is 0.251 e. The van der Waals surface area contributed by atoms with Crippen LogP contribution in [0.1, 0.15) is 11.5 Å². The summed E-state index contributed by atoms with van der Waals surface area (Å²) >= 11 is 0. The Morgan fingerprint density at radius 3 is 2.60 bits per heavy atom. The van der Waals surface area contributed by atoms with Crippen LogP contribution in [0.4, 0.5) is 0 Å². The lowest BCUT2D eigenvalue weighted by molar-refractivity contribution is 0.760. The van der Waals surface area contributed by atoms with E-state index in [4.69, 9.17) is 0 Å². The van der Waals surface area contributed by atoms with Crippen molar-refractivity contribution >= 4 is 0 Å². The zero-order chi connectivity index (χ0) is 11.0. The number of rotatable bonds is 1. The van der Waals surface area contributed by atoms with Gasteiger partial charge in [-0.3, -0.25) is 9.48 Å². The molecule has 5 nitrogen and oxygen atoms in total. The third-order valence-corrected chi connectivity index (χ3v) is 2.12. The van der Waals surface area contributed by atoms with E-state index in [0.717, 1.165) is 11.4 Å². The summed E-state index contributed by atoms with van der Waals surface area (Å²) in [6.07, 6.45) is 0. The lowest BCUT2D eigenvalue weighted by atomic mass is 10.2. The van der Waals surface area contributed by atoms with Crippen molar-refractivity contribution in [3.8, 4) is 11.4 Å². The van der Waals surface area contributed by atoms with Crippen LogP contribution >= 0.6 is 0 Å². The third kappa shape index (κ3) is 1.81. The van der Waals surface area contributed by atoms with E-state index in [2.05, 4.69) is 15.1 Å². The number of aryl methyl sites for hydroxylation is 3. The summed E-state index contributed by atoms with van der Waals surface area (Å²) in [5.74, 6) is 0.608. The quantitative estimate of drug-likeness (QED) is 0.746. The molecule has 2 aromatic rings. The van der Waals surface area contributed by atoms with Gasteiger partial charge in [0, 0.05) is 13.1 Å². The van der Waals surface area contributed by atoms with Crippen molar-refractivity contribution < 1.29 is 0 Å². The highest BCUT2D eigenvalue weighted by Crippen LogP contribution is 2.15. The molecule has 0 bridgehead atoms. The second-order valence-corrected chi connectivity index (χ2v) is 3.51. The molecule has 0 unspecified atom stereocenters. The van der Waals surface area contributed by atoms with Crippen LogP contribution in [-0.2, 0) is 7.05 Å². The first-order valence-corrected chi connectivity index (χ1v) is 4.65. The number of aromatic nitrogens is 4. The van der Waals surface area contributed by atoms with Crippen LogP contribution in [-0.4, -0.2) is 19.7 Å². The zero-order valence-electron chi connectivity index (χ0n) is 8.90. The van der Waals surface area contributed by atoms with E-state index in [9.17, 15) is 4.79 Å². The molecular formula is C10H12N4O. The first-order chi connectivity index (χ1) is 7.06. The number of aromatic amines is 1. The van der Waals surface area contributed by atoms with Crippen molar-refractivity contribution in [2.24, 2.45) is 7.05 Å². The molecule has 78 valence electrons. The maximum atomic E-state index is 11.3. The highest BCUT2D eigenvalue weighted by atomic mass is 16.1. The van der Waals surface area contributed by atoms with Gasteiger partial charge in [0.2, 0.25) is 0 Å². The van der Waals surface area contributed by atoms with Gasteiger partial charge >= 0.3 is 0 Å².